The molecule has 0 radical (unpaired) electrons. The molecule has 1 aliphatic rings. The van der Waals surface area contributed by atoms with Gasteiger partial charge in [0, 0.05) is 19.6 Å². The van der Waals surface area contributed by atoms with Crippen LogP contribution in [0.25, 0.3) is 0 Å². The molecule has 1 rings (SSSR count). The molecule has 1 fully saturated rings. The van der Waals surface area contributed by atoms with Gasteiger partial charge in [0.2, 0.25) is 0 Å². The molecule has 1 atom stereocenters. The summed E-state index contributed by atoms with van der Waals surface area (Å²) in [4.78, 5) is 10.8. The van der Waals surface area contributed by atoms with E-state index in [1.807, 2.05) is 0 Å². The number of urea groups is 1. The highest BCUT2D eigenvalue weighted by atomic mass is 16.2. The standard InChI is InChI=1S/C8H17N3O/c1-10-8(12)11-5-7(9)6-3-2-4-6/h6-7H,2-5,9H2,1H3,(H2,10,11,12). The molecule has 0 aromatic carbocycles. The van der Waals surface area contributed by atoms with Crippen molar-refractivity contribution in [2.24, 2.45) is 11.7 Å². The summed E-state index contributed by atoms with van der Waals surface area (Å²) in [6.45, 7) is 0.588. The number of carbonyl (C=O) groups excluding carboxylic acids is 1. The van der Waals surface area contributed by atoms with Crippen LogP contribution in [0.5, 0.6) is 0 Å². The van der Waals surface area contributed by atoms with Crippen molar-refractivity contribution in [1.29, 1.82) is 0 Å². The molecule has 0 aromatic heterocycles. The van der Waals surface area contributed by atoms with Crippen LogP contribution in [0, 0.1) is 5.92 Å². The predicted molar refractivity (Wildman–Crippen MR) is 47.8 cm³/mol. The van der Waals surface area contributed by atoms with E-state index in [2.05, 4.69) is 10.6 Å². The average molecular weight is 171 g/mol. The lowest BCUT2D eigenvalue weighted by atomic mass is 9.80. The first-order valence-corrected chi connectivity index (χ1v) is 4.45. The van der Waals surface area contributed by atoms with E-state index < -0.39 is 0 Å². The van der Waals surface area contributed by atoms with Crippen molar-refractivity contribution < 1.29 is 4.79 Å². The molecule has 0 bridgehead atoms. The van der Waals surface area contributed by atoms with Crippen LogP contribution in [0.3, 0.4) is 0 Å². The first kappa shape index (κ1) is 9.32. The summed E-state index contributed by atoms with van der Waals surface area (Å²) in [6.07, 6.45) is 3.73. The van der Waals surface area contributed by atoms with Crippen molar-refractivity contribution in [3.63, 3.8) is 0 Å². The fourth-order valence-electron chi connectivity index (χ4n) is 1.33. The van der Waals surface area contributed by atoms with Gasteiger partial charge in [0.25, 0.3) is 0 Å². The van der Waals surface area contributed by atoms with Crippen LogP contribution in [0.1, 0.15) is 19.3 Å². The first-order chi connectivity index (χ1) is 5.74. The molecule has 1 aliphatic carbocycles. The molecule has 0 spiro atoms. The van der Waals surface area contributed by atoms with Gasteiger partial charge in [-0.1, -0.05) is 6.42 Å². The Bertz CT molecular complexity index is 156. The van der Waals surface area contributed by atoms with E-state index in [4.69, 9.17) is 5.73 Å². The number of nitrogens with two attached hydrogens (primary N) is 1. The maximum atomic E-state index is 10.8. The molecule has 0 aromatic rings. The summed E-state index contributed by atoms with van der Waals surface area (Å²) < 4.78 is 0. The fraction of sp³-hybridized carbons (Fsp3) is 0.875. The molecule has 12 heavy (non-hydrogen) atoms. The zero-order valence-electron chi connectivity index (χ0n) is 7.47. The largest absolute Gasteiger partial charge is 0.341 e. The second-order valence-electron chi connectivity index (χ2n) is 3.31. The number of carbonyl (C=O) groups is 1. The van der Waals surface area contributed by atoms with Gasteiger partial charge in [0.15, 0.2) is 0 Å². The Balaban J connectivity index is 2.09. The Labute approximate surface area is 72.9 Å². The molecule has 4 heteroatoms. The Morgan fingerprint density at radius 3 is 2.75 bits per heavy atom. The molecule has 70 valence electrons. The van der Waals surface area contributed by atoms with Crippen LogP contribution < -0.4 is 16.4 Å². The quantitative estimate of drug-likeness (QED) is 0.561. The van der Waals surface area contributed by atoms with Crippen LogP contribution >= 0.6 is 0 Å². The van der Waals surface area contributed by atoms with Gasteiger partial charge in [-0.05, 0) is 18.8 Å². The van der Waals surface area contributed by atoms with Gasteiger partial charge in [0.1, 0.15) is 0 Å². The Hall–Kier alpha value is -0.770. The molecule has 0 aliphatic heterocycles. The van der Waals surface area contributed by atoms with E-state index in [9.17, 15) is 4.79 Å². The molecule has 0 heterocycles. The number of nitrogens with one attached hydrogen (secondary N) is 2. The first-order valence-electron chi connectivity index (χ1n) is 4.45. The lowest BCUT2D eigenvalue weighted by Gasteiger charge is -2.31. The Morgan fingerprint density at radius 1 is 1.67 bits per heavy atom. The van der Waals surface area contributed by atoms with E-state index >= 15 is 0 Å². The molecule has 0 saturated heterocycles. The van der Waals surface area contributed by atoms with E-state index in [0.29, 0.717) is 12.5 Å². The lowest BCUT2D eigenvalue weighted by Crippen LogP contribution is -2.46. The lowest BCUT2D eigenvalue weighted by molar-refractivity contribution is 0.231. The van der Waals surface area contributed by atoms with E-state index in [1.54, 1.807) is 7.05 Å². The summed E-state index contributed by atoms with van der Waals surface area (Å²) in [5.41, 5.74) is 5.84. The monoisotopic (exact) mass is 171 g/mol. The van der Waals surface area contributed by atoms with Crippen molar-refractivity contribution in [2.75, 3.05) is 13.6 Å². The molecule has 4 N–H and O–H groups in total. The Kier molecular flexibility index (Phi) is 3.34. The highest BCUT2D eigenvalue weighted by Crippen LogP contribution is 2.28. The van der Waals surface area contributed by atoms with E-state index in [-0.39, 0.29) is 12.1 Å². The molecular formula is C8H17N3O. The fourth-order valence-corrected chi connectivity index (χ4v) is 1.33. The Morgan fingerprint density at radius 2 is 2.33 bits per heavy atom. The van der Waals surface area contributed by atoms with Crippen LogP contribution in [0.15, 0.2) is 0 Å². The summed E-state index contributed by atoms with van der Waals surface area (Å²) in [5, 5.41) is 5.20. The third-order valence-corrected chi connectivity index (χ3v) is 2.48. The maximum Gasteiger partial charge on any atom is 0.314 e. The zero-order valence-corrected chi connectivity index (χ0v) is 7.47. The third-order valence-electron chi connectivity index (χ3n) is 2.48. The molecule has 1 saturated carbocycles. The topological polar surface area (TPSA) is 67.2 Å². The van der Waals surface area contributed by atoms with Gasteiger partial charge in [-0.15, -0.1) is 0 Å². The number of hydrogen-bond acceptors (Lipinski definition) is 2. The third kappa shape index (κ3) is 2.37. The average Bonchev–Trinajstić information content (AvgIpc) is 1.97. The zero-order chi connectivity index (χ0) is 8.97. The SMILES string of the molecule is CNC(=O)NCC(N)C1CCC1. The van der Waals surface area contributed by atoms with Crippen LogP contribution in [-0.2, 0) is 0 Å². The molecule has 2 amide bonds. The number of hydrogen-bond donors (Lipinski definition) is 3. The molecular weight excluding hydrogens is 154 g/mol. The highest BCUT2D eigenvalue weighted by Gasteiger charge is 2.24. The van der Waals surface area contributed by atoms with Gasteiger partial charge in [0.05, 0.1) is 0 Å². The van der Waals surface area contributed by atoms with Crippen molar-refractivity contribution in [2.45, 2.75) is 25.3 Å². The van der Waals surface area contributed by atoms with E-state index in [1.165, 1.54) is 19.3 Å². The van der Waals surface area contributed by atoms with Crippen molar-refractivity contribution in [1.82, 2.24) is 10.6 Å². The van der Waals surface area contributed by atoms with E-state index in [0.717, 1.165) is 0 Å². The minimum Gasteiger partial charge on any atom is -0.341 e. The van der Waals surface area contributed by atoms with Crippen molar-refractivity contribution in [3.05, 3.63) is 0 Å². The second kappa shape index (κ2) is 4.30. The van der Waals surface area contributed by atoms with Gasteiger partial charge in [-0.25, -0.2) is 4.79 Å². The van der Waals surface area contributed by atoms with Crippen LogP contribution in [0.2, 0.25) is 0 Å². The summed E-state index contributed by atoms with van der Waals surface area (Å²) in [6, 6.07) is -0.0131. The van der Waals surface area contributed by atoms with Gasteiger partial charge >= 0.3 is 6.03 Å². The summed E-state index contributed by atoms with van der Waals surface area (Å²) >= 11 is 0. The highest BCUT2D eigenvalue weighted by molar-refractivity contribution is 5.73. The second-order valence-corrected chi connectivity index (χ2v) is 3.31. The summed E-state index contributed by atoms with van der Waals surface area (Å²) in [7, 11) is 1.60. The minimum absolute atomic E-state index is 0.135. The molecule has 1 unspecified atom stereocenters. The minimum atomic E-state index is -0.148. The van der Waals surface area contributed by atoms with Crippen molar-refractivity contribution >= 4 is 6.03 Å². The summed E-state index contributed by atoms with van der Waals surface area (Å²) in [5.74, 6) is 0.627. The smallest absolute Gasteiger partial charge is 0.314 e. The normalized spacial score (nSPS) is 19.5. The van der Waals surface area contributed by atoms with Gasteiger partial charge in [-0.3, -0.25) is 0 Å². The van der Waals surface area contributed by atoms with Gasteiger partial charge in [-0.2, -0.15) is 0 Å². The number of rotatable bonds is 3. The van der Waals surface area contributed by atoms with Crippen LogP contribution in [-0.4, -0.2) is 25.7 Å². The molecule has 4 nitrogen and oxygen atoms in total. The number of amides is 2. The van der Waals surface area contributed by atoms with Crippen LogP contribution in [0.4, 0.5) is 4.79 Å². The van der Waals surface area contributed by atoms with Crippen molar-refractivity contribution in [3.8, 4) is 0 Å². The predicted octanol–water partition coefficient (Wildman–Crippen LogP) is 0.0428. The van der Waals surface area contributed by atoms with Gasteiger partial charge < -0.3 is 16.4 Å². The maximum absolute atomic E-state index is 10.8.